The van der Waals surface area contributed by atoms with Crippen LogP contribution in [-0.2, 0) is 7.05 Å². The summed E-state index contributed by atoms with van der Waals surface area (Å²) in [6.45, 7) is 3.09. The number of nitrogens with zero attached hydrogens (tertiary/aromatic N) is 2. The molecule has 0 saturated heterocycles. The van der Waals surface area contributed by atoms with Crippen LogP contribution in [0.2, 0.25) is 5.02 Å². The van der Waals surface area contributed by atoms with E-state index in [9.17, 15) is 0 Å². The van der Waals surface area contributed by atoms with Gasteiger partial charge in [0.25, 0.3) is 0 Å². The number of aromatic nitrogens is 2. The van der Waals surface area contributed by atoms with Crippen LogP contribution in [0.25, 0.3) is 0 Å². The normalized spacial score (nSPS) is 12.7. The van der Waals surface area contributed by atoms with Crippen LogP contribution >= 0.6 is 50.1 Å². The Bertz CT molecular complexity index is 581. The van der Waals surface area contributed by atoms with Crippen molar-refractivity contribution >= 4 is 50.1 Å². The van der Waals surface area contributed by atoms with Crippen molar-refractivity contribution in [1.82, 2.24) is 15.1 Å². The summed E-state index contributed by atoms with van der Waals surface area (Å²) in [6.07, 6.45) is 2.90. The van der Waals surface area contributed by atoms with Gasteiger partial charge in [-0.15, -0.1) is 0 Å². The average molecular weight is 469 g/mol. The SMILES string of the molecule is CCCNC(c1cc(Cl)ccc1I)c1c(Br)cnn1C. The van der Waals surface area contributed by atoms with Gasteiger partial charge in [0.2, 0.25) is 0 Å². The maximum absolute atomic E-state index is 6.17. The Morgan fingerprint density at radius 1 is 1.50 bits per heavy atom. The van der Waals surface area contributed by atoms with Crippen LogP contribution in [0.15, 0.2) is 28.9 Å². The second-order valence-corrected chi connectivity index (χ2v) is 7.01. The van der Waals surface area contributed by atoms with Crippen LogP contribution in [0.3, 0.4) is 0 Å². The lowest BCUT2D eigenvalue weighted by atomic mass is 10.0. The molecule has 0 saturated carbocycles. The molecule has 1 N–H and O–H groups in total. The molecule has 0 aliphatic carbocycles. The minimum absolute atomic E-state index is 0.0717. The fourth-order valence-corrected chi connectivity index (χ4v) is 3.53. The summed E-state index contributed by atoms with van der Waals surface area (Å²) in [4.78, 5) is 0. The van der Waals surface area contributed by atoms with E-state index in [1.807, 2.05) is 36.1 Å². The highest BCUT2D eigenvalue weighted by Crippen LogP contribution is 2.32. The van der Waals surface area contributed by atoms with E-state index in [4.69, 9.17) is 11.6 Å². The van der Waals surface area contributed by atoms with E-state index in [0.717, 1.165) is 28.2 Å². The summed E-state index contributed by atoms with van der Waals surface area (Å²) < 4.78 is 4.09. The first-order chi connectivity index (χ1) is 9.54. The van der Waals surface area contributed by atoms with Gasteiger partial charge in [0, 0.05) is 15.6 Å². The lowest BCUT2D eigenvalue weighted by Crippen LogP contribution is -2.26. The Morgan fingerprint density at radius 3 is 2.85 bits per heavy atom. The first kappa shape index (κ1) is 16.3. The van der Waals surface area contributed by atoms with E-state index in [0.29, 0.717) is 0 Å². The third kappa shape index (κ3) is 3.55. The van der Waals surface area contributed by atoms with Crippen molar-refractivity contribution < 1.29 is 0 Å². The molecule has 2 aromatic rings. The molecular formula is C14H16BrClIN3. The van der Waals surface area contributed by atoms with Gasteiger partial charge in [-0.3, -0.25) is 4.68 Å². The number of nitrogens with one attached hydrogen (secondary N) is 1. The molecule has 20 heavy (non-hydrogen) atoms. The van der Waals surface area contributed by atoms with Crippen molar-refractivity contribution in [3.05, 3.63) is 48.7 Å². The number of halogens is 3. The third-order valence-electron chi connectivity index (χ3n) is 3.08. The Labute approximate surface area is 146 Å². The van der Waals surface area contributed by atoms with Gasteiger partial charge in [-0.25, -0.2) is 0 Å². The summed E-state index contributed by atoms with van der Waals surface area (Å²) >= 11 is 12.1. The van der Waals surface area contributed by atoms with E-state index >= 15 is 0 Å². The molecule has 0 spiro atoms. The second kappa shape index (κ2) is 7.24. The zero-order valence-electron chi connectivity index (χ0n) is 11.3. The zero-order chi connectivity index (χ0) is 14.7. The van der Waals surface area contributed by atoms with Gasteiger partial charge in [0.05, 0.1) is 22.4 Å². The molecule has 0 aliphatic heterocycles. The van der Waals surface area contributed by atoms with Crippen LogP contribution in [0.4, 0.5) is 0 Å². The summed E-state index contributed by atoms with van der Waals surface area (Å²) in [5.41, 5.74) is 2.29. The fraction of sp³-hybridized carbons (Fsp3) is 0.357. The predicted octanol–water partition coefficient (Wildman–Crippen LogP) is 4.53. The van der Waals surface area contributed by atoms with Crippen LogP contribution in [-0.4, -0.2) is 16.3 Å². The van der Waals surface area contributed by atoms with Gasteiger partial charge >= 0.3 is 0 Å². The number of hydrogen-bond donors (Lipinski definition) is 1. The Morgan fingerprint density at radius 2 is 2.25 bits per heavy atom. The molecule has 6 heteroatoms. The van der Waals surface area contributed by atoms with Gasteiger partial charge in [0.15, 0.2) is 0 Å². The third-order valence-corrected chi connectivity index (χ3v) is 4.91. The van der Waals surface area contributed by atoms with Gasteiger partial charge < -0.3 is 5.32 Å². The molecule has 0 fully saturated rings. The summed E-state index contributed by atoms with van der Waals surface area (Å²) in [7, 11) is 1.96. The van der Waals surface area contributed by atoms with Crippen LogP contribution in [0.1, 0.15) is 30.6 Å². The van der Waals surface area contributed by atoms with Gasteiger partial charge in [0.1, 0.15) is 0 Å². The van der Waals surface area contributed by atoms with E-state index in [-0.39, 0.29) is 6.04 Å². The monoisotopic (exact) mass is 467 g/mol. The van der Waals surface area contributed by atoms with Crippen molar-refractivity contribution in [1.29, 1.82) is 0 Å². The highest BCUT2D eigenvalue weighted by molar-refractivity contribution is 14.1. The smallest absolute Gasteiger partial charge is 0.0770 e. The molecule has 1 heterocycles. The molecule has 0 radical (unpaired) electrons. The standard InChI is InChI=1S/C14H16BrClIN3/c1-3-6-18-13(14-11(15)8-19-20(14)2)10-7-9(16)4-5-12(10)17/h4-5,7-8,13,18H,3,6H2,1-2H3. The van der Waals surface area contributed by atoms with Gasteiger partial charge in [-0.1, -0.05) is 18.5 Å². The van der Waals surface area contributed by atoms with Crippen molar-refractivity contribution in [2.75, 3.05) is 6.54 Å². The molecule has 3 nitrogen and oxygen atoms in total. The maximum Gasteiger partial charge on any atom is 0.0770 e. The topological polar surface area (TPSA) is 29.9 Å². The number of rotatable bonds is 5. The predicted molar refractivity (Wildman–Crippen MR) is 95.2 cm³/mol. The van der Waals surface area contributed by atoms with Crippen LogP contribution in [0.5, 0.6) is 0 Å². The minimum Gasteiger partial charge on any atom is -0.305 e. The molecule has 108 valence electrons. The Hall–Kier alpha value is -0.110. The van der Waals surface area contributed by atoms with E-state index in [1.165, 1.54) is 9.13 Å². The fourth-order valence-electron chi connectivity index (χ4n) is 2.12. The van der Waals surface area contributed by atoms with E-state index < -0.39 is 0 Å². The molecule has 1 atom stereocenters. The number of hydrogen-bond acceptors (Lipinski definition) is 2. The van der Waals surface area contributed by atoms with Crippen LogP contribution in [0, 0.1) is 3.57 Å². The van der Waals surface area contributed by atoms with Crippen molar-refractivity contribution in [2.45, 2.75) is 19.4 Å². The van der Waals surface area contributed by atoms with Crippen molar-refractivity contribution in [3.8, 4) is 0 Å². The largest absolute Gasteiger partial charge is 0.305 e. The molecule has 1 aromatic heterocycles. The minimum atomic E-state index is 0.0717. The lowest BCUT2D eigenvalue weighted by Gasteiger charge is -2.21. The van der Waals surface area contributed by atoms with Gasteiger partial charge in [-0.05, 0) is 75.2 Å². The molecule has 0 amide bonds. The summed E-state index contributed by atoms with van der Waals surface area (Å²) in [5.74, 6) is 0. The number of aryl methyl sites for hydroxylation is 1. The average Bonchev–Trinajstić information content (AvgIpc) is 2.74. The first-order valence-electron chi connectivity index (χ1n) is 6.40. The second-order valence-electron chi connectivity index (χ2n) is 4.55. The van der Waals surface area contributed by atoms with Crippen LogP contribution < -0.4 is 5.32 Å². The molecule has 0 bridgehead atoms. The molecule has 2 rings (SSSR count). The van der Waals surface area contributed by atoms with E-state index in [2.05, 4.69) is 55.9 Å². The summed E-state index contributed by atoms with van der Waals surface area (Å²) in [6, 6.07) is 6.06. The first-order valence-corrected chi connectivity index (χ1v) is 8.65. The Balaban J connectivity index is 2.50. The van der Waals surface area contributed by atoms with Crippen molar-refractivity contribution in [3.63, 3.8) is 0 Å². The highest BCUT2D eigenvalue weighted by Gasteiger charge is 2.22. The number of benzene rings is 1. The van der Waals surface area contributed by atoms with Gasteiger partial charge in [-0.2, -0.15) is 5.10 Å². The molecule has 1 unspecified atom stereocenters. The highest BCUT2D eigenvalue weighted by atomic mass is 127. The lowest BCUT2D eigenvalue weighted by molar-refractivity contribution is 0.550. The zero-order valence-corrected chi connectivity index (χ0v) is 15.8. The summed E-state index contributed by atoms with van der Waals surface area (Å²) in [5, 5.41) is 8.65. The van der Waals surface area contributed by atoms with E-state index in [1.54, 1.807) is 0 Å². The quantitative estimate of drug-likeness (QED) is 0.654. The molecular weight excluding hydrogens is 452 g/mol. The van der Waals surface area contributed by atoms with Crippen molar-refractivity contribution in [2.24, 2.45) is 7.05 Å². The molecule has 0 aliphatic rings. The maximum atomic E-state index is 6.17. The molecule has 1 aromatic carbocycles. The Kier molecular flexibility index (Phi) is 5.89.